The Labute approximate surface area is 154 Å². The Balaban J connectivity index is 2.18. The topological polar surface area (TPSA) is 105 Å². The van der Waals surface area contributed by atoms with Crippen LogP contribution in [0.3, 0.4) is 0 Å². The normalized spacial score (nSPS) is 27.7. The van der Waals surface area contributed by atoms with Crippen molar-refractivity contribution in [2.24, 2.45) is 0 Å². The third kappa shape index (κ3) is 4.18. The van der Waals surface area contributed by atoms with E-state index in [4.69, 9.17) is 4.43 Å². The Hall–Kier alpha value is -0.704. The molecule has 4 atom stereocenters. The Bertz CT molecular complexity index is 739. The fraction of sp³-hybridized carbons (Fsp3) is 0.750. The molecular formula is C16H28N2O5SeSi. The first kappa shape index (κ1) is 20.6. The van der Waals surface area contributed by atoms with Crippen LogP contribution in [0.4, 0.5) is 0 Å². The van der Waals surface area contributed by atoms with E-state index in [-0.39, 0.29) is 24.8 Å². The van der Waals surface area contributed by atoms with Gasteiger partial charge in [0.15, 0.2) is 0 Å². The number of nitrogens with zero attached hydrogens (tertiary/aromatic N) is 1. The summed E-state index contributed by atoms with van der Waals surface area (Å²) < 4.78 is 7.54. The molecule has 0 amide bonds. The van der Waals surface area contributed by atoms with Gasteiger partial charge in [-0.25, -0.2) is 0 Å². The van der Waals surface area contributed by atoms with Gasteiger partial charge in [-0.2, -0.15) is 0 Å². The summed E-state index contributed by atoms with van der Waals surface area (Å²) in [6, 6.07) is 0. The van der Waals surface area contributed by atoms with Crippen LogP contribution >= 0.6 is 0 Å². The van der Waals surface area contributed by atoms with Gasteiger partial charge in [-0.05, 0) is 0 Å². The van der Waals surface area contributed by atoms with E-state index >= 15 is 0 Å². The molecule has 0 bridgehead atoms. The summed E-state index contributed by atoms with van der Waals surface area (Å²) >= 11 is -0.240. The molecule has 25 heavy (non-hydrogen) atoms. The molecule has 2 rings (SSSR count). The van der Waals surface area contributed by atoms with Gasteiger partial charge >= 0.3 is 154 Å². The molecule has 1 aliphatic heterocycles. The van der Waals surface area contributed by atoms with Crippen molar-refractivity contribution in [2.45, 2.75) is 67.8 Å². The van der Waals surface area contributed by atoms with Crippen LogP contribution in [-0.2, 0) is 4.43 Å². The first-order valence-electron chi connectivity index (χ1n) is 8.33. The second-order valence-corrected chi connectivity index (χ2v) is 15.8. The van der Waals surface area contributed by atoms with Gasteiger partial charge in [0.05, 0.1) is 0 Å². The molecule has 0 aromatic carbocycles. The van der Waals surface area contributed by atoms with E-state index < -0.39 is 36.7 Å². The van der Waals surface area contributed by atoms with E-state index in [0.29, 0.717) is 12.2 Å². The van der Waals surface area contributed by atoms with Crippen molar-refractivity contribution < 1.29 is 14.6 Å². The summed E-state index contributed by atoms with van der Waals surface area (Å²) in [5.41, 5.74) is -0.586. The summed E-state index contributed by atoms with van der Waals surface area (Å²) in [4.78, 5) is 25.2. The van der Waals surface area contributed by atoms with Crippen molar-refractivity contribution in [3.63, 3.8) is 0 Å². The maximum absolute atomic E-state index is 12.1. The van der Waals surface area contributed by atoms with E-state index in [1.165, 1.54) is 10.8 Å². The van der Waals surface area contributed by atoms with Gasteiger partial charge < -0.3 is 0 Å². The molecule has 1 aliphatic rings. The standard InChI is InChI=1S/C16H28N2O5SeSi/c1-9-7-18(15(22)17-13(9)21)14-12(20)11(19)10(24-14)8-23-25(5,6)16(2,3)4/h7,10-12,14,19-20H,8H2,1-6H3,(H,17,21,22)/t10-,11?,12?,14-/m1/s1. The average Bonchev–Trinajstić information content (AvgIpc) is 2.76. The van der Waals surface area contributed by atoms with Crippen molar-refractivity contribution in [3.8, 4) is 0 Å². The zero-order valence-electron chi connectivity index (χ0n) is 15.6. The third-order valence-electron chi connectivity index (χ3n) is 5.17. The van der Waals surface area contributed by atoms with Crippen molar-refractivity contribution in [1.29, 1.82) is 0 Å². The summed E-state index contributed by atoms with van der Waals surface area (Å²) in [7, 11) is -1.95. The number of nitrogens with one attached hydrogen (secondary N) is 1. The van der Waals surface area contributed by atoms with Crippen LogP contribution in [0.5, 0.6) is 0 Å². The van der Waals surface area contributed by atoms with E-state index in [2.05, 4.69) is 38.8 Å². The number of H-pyrrole nitrogens is 1. The van der Waals surface area contributed by atoms with Crippen molar-refractivity contribution >= 4 is 23.3 Å². The molecule has 0 saturated carbocycles. The van der Waals surface area contributed by atoms with Gasteiger partial charge in [0, 0.05) is 0 Å². The van der Waals surface area contributed by atoms with Crippen LogP contribution < -0.4 is 11.2 Å². The molecule has 2 unspecified atom stereocenters. The monoisotopic (exact) mass is 436 g/mol. The summed E-state index contributed by atoms with van der Waals surface area (Å²) in [5.74, 6) is 0. The fourth-order valence-corrected chi connectivity index (χ4v) is 6.69. The number of aryl methyl sites for hydroxylation is 1. The second kappa shape index (κ2) is 7.13. The maximum atomic E-state index is 12.1. The van der Waals surface area contributed by atoms with Gasteiger partial charge in [-0.15, -0.1) is 0 Å². The van der Waals surface area contributed by atoms with Gasteiger partial charge in [-0.1, -0.05) is 0 Å². The summed E-state index contributed by atoms with van der Waals surface area (Å²) in [5, 5.41) is 20.9. The molecule has 0 radical (unpaired) electrons. The van der Waals surface area contributed by atoms with Gasteiger partial charge in [0.25, 0.3) is 0 Å². The molecular weight excluding hydrogens is 407 g/mol. The number of aromatic nitrogens is 2. The minimum absolute atomic E-state index is 0.0640. The molecule has 1 saturated heterocycles. The molecule has 142 valence electrons. The molecule has 7 nitrogen and oxygen atoms in total. The van der Waals surface area contributed by atoms with Crippen molar-refractivity contribution in [2.75, 3.05) is 6.61 Å². The molecule has 1 fully saturated rings. The second-order valence-electron chi connectivity index (χ2n) is 8.10. The SMILES string of the molecule is Cc1cn([C@@H]2[Se][C@H](CO[Si](C)(C)C(C)(C)C)C(O)C2O)c(=O)[nH]c1=O. The third-order valence-corrected chi connectivity index (χ3v) is 12.9. The molecule has 2 heterocycles. The Kier molecular flexibility index (Phi) is 5.88. The first-order valence-corrected chi connectivity index (χ1v) is 13.2. The number of rotatable bonds is 4. The number of hydrogen-bond acceptors (Lipinski definition) is 5. The quantitative estimate of drug-likeness (QED) is 0.601. The number of aliphatic hydroxyl groups is 2. The van der Waals surface area contributed by atoms with Crippen LogP contribution in [0.2, 0.25) is 22.9 Å². The predicted molar refractivity (Wildman–Crippen MR) is 99.8 cm³/mol. The molecule has 0 spiro atoms. The summed E-state index contributed by atoms with van der Waals surface area (Å²) in [6.07, 6.45) is -0.523. The number of aliphatic hydroxyl groups excluding tert-OH is 2. The Morgan fingerprint density at radius 2 is 1.88 bits per heavy atom. The van der Waals surface area contributed by atoms with Crippen LogP contribution in [0.1, 0.15) is 31.3 Å². The number of aromatic amines is 1. The first-order chi connectivity index (χ1) is 11.3. The van der Waals surface area contributed by atoms with Crippen molar-refractivity contribution in [1.82, 2.24) is 9.55 Å². The molecule has 1 aromatic rings. The minimum atomic E-state index is -1.95. The van der Waals surface area contributed by atoms with E-state index in [1.807, 2.05) is 0 Å². The van der Waals surface area contributed by atoms with Crippen LogP contribution in [0, 0.1) is 6.92 Å². The molecule has 1 aromatic heterocycles. The van der Waals surface area contributed by atoms with E-state index in [9.17, 15) is 19.8 Å². The molecule has 9 heteroatoms. The van der Waals surface area contributed by atoms with Crippen LogP contribution in [0.25, 0.3) is 0 Å². The molecule has 3 N–H and O–H groups in total. The Morgan fingerprint density at radius 3 is 2.44 bits per heavy atom. The zero-order valence-corrected chi connectivity index (χ0v) is 18.3. The van der Waals surface area contributed by atoms with Gasteiger partial charge in [-0.3, -0.25) is 0 Å². The fourth-order valence-electron chi connectivity index (χ4n) is 2.38. The zero-order chi connectivity index (χ0) is 19.2. The van der Waals surface area contributed by atoms with Crippen LogP contribution in [0.15, 0.2) is 15.8 Å². The van der Waals surface area contributed by atoms with E-state index in [0.717, 1.165) is 0 Å². The predicted octanol–water partition coefficient (Wildman–Crippen LogP) is 0.594. The average molecular weight is 435 g/mol. The van der Waals surface area contributed by atoms with Gasteiger partial charge in [0.1, 0.15) is 0 Å². The molecule has 0 aliphatic carbocycles. The van der Waals surface area contributed by atoms with E-state index in [1.54, 1.807) is 6.92 Å². The number of hydrogen-bond donors (Lipinski definition) is 3. The Morgan fingerprint density at radius 1 is 1.28 bits per heavy atom. The summed E-state index contributed by atoms with van der Waals surface area (Å²) in [6.45, 7) is 12.7. The van der Waals surface area contributed by atoms with Crippen molar-refractivity contribution in [3.05, 3.63) is 32.6 Å². The van der Waals surface area contributed by atoms with Gasteiger partial charge in [0.2, 0.25) is 0 Å². The van der Waals surface area contributed by atoms with Crippen LogP contribution in [-0.4, -0.2) is 61.9 Å².